The summed E-state index contributed by atoms with van der Waals surface area (Å²) in [6, 6.07) is 10.7. The maximum Gasteiger partial charge on any atom is 0.416 e. The number of halogens is 6. The lowest BCUT2D eigenvalue weighted by Crippen LogP contribution is -2.44. The highest BCUT2D eigenvalue weighted by molar-refractivity contribution is 5.35. The molecular formula is C25H26F6O4. The Morgan fingerprint density at radius 1 is 0.829 bits per heavy atom. The van der Waals surface area contributed by atoms with Gasteiger partial charge in [-0.05, 0) is 42.2 Å². The SMILES string of the molecule is OC[C@@H](OCC1(c2ccccc2)CCC2(CC1)OCCO2)c1cc(C(F)(F)F)cc(C(F)(F)F)c1. The van der Waals surface area contributed by atoms with E-state index in [1.165, 1.54) is 0 Å². The molecule has 1 spiro atoms. The van der Waals surface area contributed by atoms with E-state index in [4.69, 9.17) is 14.2 Å². The number of aliphatic hydroxyl groups is 1. The molecule has 1 saturated carbocycles. The quantitative estimate of drug-likeness (QED) is 0.488. The van der Waals surface area contributed by atoms with Crippen LogP contribution in [0, 0.1) is 0 Å². The second-order valence-electron chi connectivity index (χ2n) is 9.08. The molecule has 1 N–H and O–H groups in total. The molecule has 1 atom stereocenters. The summed E-state index contributed by atoms with van der Waals surface area (Å²) in [6.45, 7) is 0.215. The van der Waals surface area contributed by atoms with Gasteiger partial charge in [0.15, 0.2) is 5.79 Å². The Hall–Kier alpha value is -2.14. The zero-order valence-electron chi connectivity index (χ0n) is 18.8. The maximum atomic E-state index is 13.3. The lowest BCUT2D eigenvalue weighted by molar-refractivity contribution is -0.189. The summed E-state index contributed by atoms with van der Waals surface area (Å²) in [5.41, 5.74) is -2.91. The zero-order valence-corrected chi connectivity index (χ0v) is 18.8. The normalized spacial score (nSPS) is 20.8. The summed E-state index contributed by atoms with van der Waals surface area (Å²) in [4.78, 5) is 0. The zero-order chi connectivity index (χ0) is 25.3. The van der Waals surface area contributed by atoms with Crippen LogP contribution >= 0.6 is 0 Å². The lowest BCUT2D eigenvalue weighted by Gasteiger charge is -2.44. The second-order valence-corrected chi connectivity index (χ2v) is 9.08. The van der Waals surface area contributed by atoms with Crippen LogP contribution in [0.2, 0.25) is 0 Å². The average Bonchev–Trinajstić information content (AvgIpc) is 3.28. The molecule has 4 rings (SSSR count). The molecule has 0 aromatic heterocycles. The van der Waals surface area contributed by atoms with Crippen LogP contribution in [0.1, 0.15) is 54.0 Å². The van der Waals surface area contributed by atoms with Crippen molar-refractivity contribution in [3.8, 4) is 0 Å². The van der Waals surface area contributed by atoms with Gasteiger partial charge in [-0.1, -0.05) is 30.3 Å². The Morgan fingerprint density at radius 3 is 1.86 bits per heavy atom. The van der Waals surface area contributed by atoms with Gasteiger partial charge in [-0.25, -0.2) is 0 Å². The molecule has 0 radical (unpaired) electrons. The Morgan fingerprint density at radius 2 is 1.37 bits per heavy atom. The van der Waals surface area contributed by atoms with Crippen molar-refractivity contribution >= 4 is 0 Å². The fraction of sp³-hybridized carbons (Fsp3) is 0.520. The van der Waals surface area contributed by atoms with Crippen molar-refractivity contribution in [1.29, 1.82) is 0 Å². The van der Waals surface area contributed by atoms with Crippen molar-refractivity contribution in [2.45, 2.75) is 55.3 Å². The van der Waals surface area contributed by atoms with Gasteiger partial charge in [0.2, 0.25) is 0 Å². The monoisotopic (exact) mass is 504 g/mol. The molecule has 0 unspecified atom stereocenters. The van der Waals surface area contributed by atoms with Crippen molar-refractivity contribution in [3.05, 3.63) is 70.8 Å². The minimum absolute atomic E-state index is 0.00405. The molecule has 2 aliphatic rings. The predicted molar refractivity (Wildman–Crippen MR) is 113 cm³/mol. The Labute approximate surface area is 198 Å². The predicted octanol–water partition coefficient (Wildman–Crippen LogP) is 6.03. The van der Waals surface area contributed by atoms with Crippen LogP contribution in [0.25, 0.3) is 0 Å². The molecule has 10 heteroatoms. The minimum atomic E-state index is -4.99. The highest BCUT2D eigenvalue weighted by Gasteiger charge is 2.47. The summed E-state index contributed by atoms with van der Waals surface area (Å²) in [6.07, 6.45) is -9.06. The molecule has 1 heterocycles. The minimum Gasteiger partial charge on any atom is -0.393 e. The number of hydrogen-bond donors (Lipinski definition) is 1. The third-order valence-corrected chi connectivity index (χ3v) is 6.88. The molecule has 2 aromatic rings. The molecule has 4 nitrogen and oxygen atoms in total. The average molecular weight is 504 g/mol. The van der Waals surface area contributed by atoms with Crippen molar-refractivity contribution in [2.75, 3.05) is 26.4 Å². The molecule has 2 fully saturated rings. The topological polar surface area (TPSA) is 47.9 Å². The Kier molecular flexibility index (Phi) is 7.21. The van der Waals surface area contributed by atoms with Crippen LogP contribution < -0.4 is 0 Å². The molecule has 35 heavy (non-hydrogen) atoms. The van der Waals surface area contributed by atoms with E-state index in [2.05, 4.69) is 0 Å². The molecule has 192 valence electrons. The van der Waals surface area contributed by atoms with Crippen LogP contribution in [0.4, 0.5) is 26.3 Å². The largest absolute Gasteiger partial charge is 0.416 e. The number of rotatable bonds is 6. The smallest absolute Gasteiger partial charge is 0.393 e. The first-order valence-electron chi connectivity index (χ1n) is 11.3. The maximum absolute atomic E-state index is 13.3. The first-order chi connectivity index (χ1) is 16.5. The van der Waals surface area contributed by atoms with Crippen LogP contribution in [-0.2, 0) is 32.0 Å². The molecule has 2 aromatic carbocycles. The van der Waals surface area contributed by atoms with E-state index in [1.807, 2.05) is 30.3 Å². The number of aliphatic hydroxyl groups excluding tert-OH is 1. The third kappa shape index (κ3) is 5.66. The van der Waals surface area contributed by atoms with Crippen molar-refractivity contribution in [1.82, 2.24) is 0 Å². The van der Waals surface area contributed by atoms with Crippen molar-refractivity contribution in [2.24, 2.45) is 0 Å². The van der Waals surface area contributed by atoms with Gasteiger partial charge < -0.3 is 19.3 Å². The van der Waals surface area contributed by atoms with E-state index in [1.54, 1.807) is 0 Å². The molecular weight excluding hydrogens is 478 g/mol. The molecule has 1 saturated heterocycles. The molecule has 0 amide bonds. The number of ether oxygens (including phenoxy) is 3. The first kappa shape index (κ1) is 25.9. The van der Waals surface area contributed by atoms with Gasteiger partial charge >= 0.3 is 12.4 Å². The van der Waals surface area contributed by atoms with Gasteiger partial charge in [0.25, 0.3) is 0 Å². The summed E-state index contributed by atoms with van der Waals surface area (Å²) in [5.74, 6) is -0.669. The van der Waals surface area contributed by atoms with Gasteiger partial charge in [0, 0.05) is 18.3 Å². The van der Waals surface area contributed by atoms with Gasteiger partial charge in [-0.15, -0.1) is 0 Å². The molecule has 1 aliphatic carbocycles. The van der Waals surface area contributed by atoms with Crippen LogP contribution in [0.3, 0.4) is 0 Å². The van der Waals surface area contributed by atoms with Crippen molar-refractivity contribution < 1.29 is 45.7 Å². The summed E-state index contributed by atoms with van der Waals surface area (Å²) < 4.78 is 97.4. The number of benzene rings is 2. The Bertz CT molecular complexity index is 957. The summed E-state index contributed by atoms with van der Waals surface area (Å²) in [5, 5.41) is 9.89. The Balaban J connectivity index is 1.61. The van der Waals surface area contributed by atoms with E-state index in [-0.39, 0.29) is 18.2 Å². The van der Waals surface area contributed by atoms with Gasteiger partial charge in [-0.3, -0.25) is 0 Å². The fourth-order valence-corrected chi connectivity index (χ4v) is 4.88. The van der Waals surface area contributed by atoms with Gasteiger partial charge in [0.05, 0.1) is 37.6 Å². The number of alkyl halides is 6. The van der Waals surface area contributed by atoms with E-state index in [9.17, 15) is 31.4 Å². The molecule has 0 bridgehead atoms. The van der Waals surface area contributed by atoms with Crippen LogP contribution in [0.15, 0.2) is 48.5 Å². The van der Waals surface area contributed by atoms with E-state index >= 15 is 0 Å². The van der Waals surface area contributed by atoms with Crippen molar-refractivity contribution in [3.63, 3.8) is 0 Å². The standard InChI is InChI=1S/C25H26F6O4/c26-24(27,28)19-12-17(13-20(14-19)25(29,30)31)21(15-32)33-16-22(18-4-2-1-3-5-18)6-8-23(9-7-22)34-10-11-35-23/h1-5,12-14,21,32H,6-11,15-16H2/t21-/m1/s1. The fourth-order valence-electron chi connectivity index (χ4n) is 4.88. The highest BCUT2D eigenvalue weighted by Crippen LogP contribution is 2.47. The van der Waals surface area contributed by atoms with Crippen LogP contribution in [-0.4, -0.2) is 37.3 Å². The second kappa shape index (κ2) is 9.72. The highest BCUT2D eigenvalue weighted by atomic mass is 19.4. The first-order valence-corrected chi connectivity index (χ1v) is 11.3. The van der Waals surface area contributed by atoms with E-state index in [0.29, 0.717) is 51.0 Å². The lowest BCUT2D eigenvalue weighted by atomic mass is 9.68. The van der Waals surface area contributed by atoms with Crippen LogP contribution in [0.5, 0.6) is 0 Å². The van der Waals surface area contributed by atoms with Gasteiger partial charge in [0.1, 0.15) is 6.10 Å². The number of hydrogen-bond acceptors (Lipinski definition) is 4. The van der Waals surface area contributed by atoms with Gasteiger partial charge in [-0.2, -0.15) is 26.3 Å². The van der Waals surface area contributed by atoms with E-state index in [0.717, 1.165) is 5.56 Å². The third-order valence-electron chi connectivity index (χ3n) is 6.88. The van der Waals surface area contributed by atoms with E-state index < -0.39 is 47.4 Å². The summed E-state index contributed by atoms with van der Waals surface area (Å²) in [7, 11) is 0. The molecule has 1 aliphatic heterocycles. The summed E-state index contributed by atoms with van der Waals surface area (Å²) >= 11 is 0.